The summed E-state index contributed by atoms with van der Waals surface area (Å²) < 4.78 is 52.6. The van der Waals surface area contributed by atoms with E-state index in [0.29, 0.717) is 24.6 Å². The monoisotopic (exact) mass is 426 g/mol. The molecule has 0 bridgehead atoms. The smallest absolute Gasteiger partial charge is 0.238 e. The quantitative estimate of drug-likeness (QED) is 0.657. The minimum atomic E-state index is -3.99. The van der Waals surface area contributed by atoms with E-state index in [9.17, 15) is 16.8 Å². The van der Waals surface area contributed by atoms with Gasteiger partial charge in [0.15, 0.2) is 9.84 Å². The van der Waals surface area contributed by atoms with Gasteiger partial charge in [-0.1, -0.05) is 32.9 Å². The lowest BCUT2D eigenvalue weighted by Crippen LogP contribution is -2.16. The Hall–Kier alpha value is -2.10. The van der Waals surface area contributed by atoms with Crippen LogP contribution in [-0.2, 0) is 25.3 Å². The van der Waals surface area contributed by atoms with E-state index in [1.165, 1.54) is 17.7 Å². The maximum Gasteiger partial charge on any atom is 0.238 e. The summed E-state index contributed by atoms with van der Waals surface area (Å²) >= 11 is 0. The predicted octanol–water partition coefficient (Wildman–Crippen LogP) is 2.53. The lowest BCUT2D eigenvalue weighted by atomic mass is 9.87. The van der Waals surface area contributed by atoms with Crippen molar-refractivity contribution in [3.8, 4) is 5.75 Å². The van der Waals surface area contributed by atoms with E-state index in [4.69, 9.17) is 9.88 Å². The third-order valence-corrected chi connectivity index (χ3v) is 6.14. The summed E-state index contributed by atoms with van der Waals surface area (Å²) in [4.78, 5) is -0.387. The predicted molar refractivity (Wildman–Crippen MR) is 110 cm³/mol. The average Bonchev–Trinajstić information content (AvgIpc) is 2.56. The third-order valence-electron chi connectivity index (χ3n) is 4.09. The van der Waals surface area contributed by atoms with E-state index in [-0.39, 0.29) is 15.2 Å². The fourth-order valence-corrected chi connectivity index (χ4v) is 4.03. The zero-order chi connectivity index (χ0) is 21.2. The van der Waals surface area contributed by atoms with E-state index in [1.54, 1.807) is 0 Å². The van der Waals surface area contributed by atoms with Crippen molar-refractivity contribution in [3.63, 3.8) is 0 Å². The minimum Gasteiger partial charge on any atom is -0.492 e. The van der Waals surface area contributed by atoms with Crippen molar-refractivity contribution in [2.24, 2.45) is 5.14 Å². The molecule has 0 aromatic heterocycles. The first-order chi connectivity index (χ1) is 12.8. The van der Waals surface area contributed by atoms with Crippen LogP contribution in [-0.4, -0.2) is 36.2 Å². The van der Waals surface area contributed by atoms with E-state index < -0.39 is 19.9 Å². The molecule has 0 aliphatic rings. The van der Waals surface area contributed by atoms with Crippen LogP contribution in [0.25, 0.3) is 0 Å². The summed E-state index contributed by atoms with van der Waals surface area (Å²) in [6.45, 7) is 7.03. The van der Waals surface area contributed by atoms with Gasteiger partial charge in [-0.2, -0.15) is 0 Å². The molecular weight excluding hydrogens is 400 g/mol. The number of benzene rings is 2. The third kappa shape index (κ3) is 5.95. The summed E-state index contributed by atoms with van der Waals surface area (Å²) in [5.74, 6) is 0.711. The SMILES string of the molecule is CC(C)(C)c1ccc(OCCNc2ccc(S(N)(=O)=O)cc2S(C)(=O)=O)cc1. The number of primary sulfonamides is 1. The maximum atomic E-state index is 12.0. The standard InChI is InChI=1S/C19H26N2O5S2/c1-19(2,3)14-5-7-15(8-6-14)26-12-11-21-17-10-9-16(28(20,24)25)13-18(17)27(4,22)23/h5-10,13,21H,11-12H2,1-4H3,(H2,20,24,25). The highest BCUT2D eigenvalue weighted by molar-refractivity contribution is 7.91. The summed E-state index contributed by atoms with van der Waals surface area (Å²) in [5, 5.41) is 8.04. The Morgan fingerprint density at radius 2 is 1.61 bits per heavy atom. The van der Waals surface area contributed by atoms with Crippen molar-refractivity contribution < 1.29 is 21.6 Å². The normalized spacial score (nSPS) is 12.6. The number of anilines is 1. The minimum absolute atomic E-state index is 0.0608. The second-order valence-electron chi connectivity index (χ2n) is 7.52. The number of nitrogens with two attached hydrogens (primary N) is 1. The Morgan fingerprint density at radius 3 is 2.11 bits per heavy atom. The second kappa shape index (κ2) is 8.10. The molecule has 2 aromatic rings. The number of ether oxygens (including phenoxy) is 1. The van der Waals surface area contributed by atoms with Gasteiger partial charge in [0, 0.05) is 12.8 Å². The summed E-state index contributed by atoms with van der Waals surface area (Å²) in [6, 6.07) is 11.5. The molecule has 0 atom stereocenters. The number of sulfone groups is 1. The van der Waals surface area contributed by atoms with Gasteiger partial charge in [0.1, 0.15) is 12.4 Å². The van der Waals surface area contributed by atoms with Gasteiger partial charge in [-0.3, -0.25) is 0 Å². The van der Waals surface area contributed by atoms with Crippen molar-refractivity contribution in [1.82, 2.24) is 0 Å². The van der Waals surface area contributed by atoms with Crippen LogP contribution in [0, 0.1) is 0 Å². The molecule has 2 aromatic carbocycles. The molecule has 154 valence electrons. The molecule has 0 heterocycles. The fraction of sp³-hybridized carbons (Fsp3) is 0.368. The topological polar surface area (TPSA) is 116 Å². The summed E-state index contributed by atoms with van der Waals surface area (Å²) in [7, 11) is -7.64. The van der Waals surface area contributed by atoms with Crippen LogP contribution in [0.4, 0.5) is 5.69 Å². The van der Waals surface area contributed by atoms with Gasteiger partial charge in [-0.25, -0.2) is 22.0 Å². The van der Waals surface area contributed by atoms with Crippen LogP contribution in [0.5, 0.6) is 5.75 Å². The summed E-state index contributed by atoms with van der Waals surface area (Å²) in [5.41, 5.74) is 1.55. The van der Waals surface area contributed by atoms with E-state index in [2.05, 4.69) is 26.1 Å². The Kier molecular flexibility index (Phi) is 6.42. The zero-order valence-corrected chi connectivity index (χ0v) is 18.0. The largest absolute Gasteiger partial charge is 0.492 e. The Labute approximate surface area is 166 Å². The molecule has 2 rings (SSSR count). The molecule has 9 heteroatoms. The number of hydrogen-bond acceptors (Lipinski definition) is 6. The number of sulfonamides is 1. The first-order valence-corrected chi connectivity index (χ1v) is 12.1. The highest BCUT2D eigenvalue weighted by Gasteiger charge is 2.18. The summed E-state index contributed by atoms with van der Waals surface area (Å²) in [6.07, 6.45) is 1.01. The zero-order valence-electron chi connectivity index (χ0n) is 16.4. The van der Waals surface area contributed by atoms with Gasteiger partial charge in [0.25, 0.3) is 0 Å². The van der Waals surface area contributed by atoms with Crippen molar-refractivity contribution in [1.29, 1.82) is 0 Å². The number of nitrogens with one attached hydrogen (secondary N) is 1. The average molecular weight is 427 g/mol. The first kappa shape index (κ1) is 22.2. The molecule has 0 radical (unpaired) electrons. The van der Waals surface area contributed by atoms with Crippen LogP contribution >= 0.6 is 0 Å². The highest BCUT2D eigenvalue weighted by Crippen LogP contribution is 2.25. The van der Waals surface area contributed by atoms with Gasteiger partial charge in [0.05, 0.1) is 15.5 Å². The van der Waals surface area contributed by atoms with Gasteiger partial charge in [-0.15, -0.1) is 0 Å². The molecule has 0 amide bonds. The first-order valence-electron chi connectivity index (χ1n) is 8.62. The van der Waals surface area contributed by atoms with Crippen LogP contribution in [0.3, 0.4) is 0 Å². The van der Waals surface area contributed by atoms with E-state index in [0.717, 1.165) is 12.3 Å². The molecule has 0 saturated carbocycles. The van der Waals surface area contributed by atoms with Crippen LogP contribution in [0.2, 0.25) is 0 Å². The van der Waals surface area contributed by atoms with Gasteiger partial charge >= 0.3 is 0 Å². The lowest BCUT2D eigenvalue weighted by molar-refractivity contribution is 0.332. The lowest BCUT2D eigenvalue weighted by Gasteiger charge is -2.19. The Balaban J connectivity index is 2.05. The Bertz CT molecular complexity index is 1040. The molecule has 0 spiro atoms. The van der Waals surface area contributed by atoms with Crippen molar-refractivity contribution in [2.75, 3.05) is 24.7 Å². The molecular formula is C19H26N2O5S2. The van der Waals surface area contributed by atoms with Crippen molar-refractivity contribution >= 4 is 25.5 Å². The molecule has 3 N–H and O–H groups in total. The highest BCUT2D eigenvalue weighted by atomic mass is 32.2. The Morgan fingerprint density at radius 1 is 1.00 bits per heavy atom. The molecule has 0 unspecified atom stereocenters. The maximum absolute atomic E-state index is 12.0. The molecule has 7 nitrogen and oxygen atoms in total. The van der Waals surface area contributed by atoms with Gasteiger partial charge < -0.3 is 10.1 Å². The van der Waals surface area contributed by atoms with Crippen molar-refractivity contribution in [2.45, 2.75) is 36.0 Å². The van der Waals surface area contributed by atoms with Gasteiger partial charge in [-0.05, 0) is 41.3 Å². The number of rotatable bonds is 7. The molecule has 28 heavy (non-hydrogen) atoms. The molecule has 0 aliphatic heterocycles. The van der Waals surface area contributed by atoms with E-state index >= 15 is 0 Å². The van der Waals surface area contributed by atoms with Gasteiger partial charge in [0.2, 0.25) is 10.0 Å². The van der Waals surface area contributed by atoms with Crippen LogP contribution in [0.1, 0.15) is 26.3 Å². The second-order valence-corrected chi connectivity index (χ2v) is 11.1. The number of hydrogen-bond donors (Lipinski definition) is 2. The molecule has 0 aliphatic carbocycles. The molecule has 0 fully saturated rings. The van der Waals surface area contributed by atoms with Crippen molar-refractivity contribution in [3.05, 3.63) is 48.0 Å². The van der Waals surface area contributed by atoms with E-state index in [1.807, 2.05) is 24.3 Å². The fourth-order valence-electron chi connectivity index (χ4n) is 2.54. The van der Waals surface area contributed by atoms with Crippen LogP contribution in [0.15, 0.2) is 52.3 Å². The van der Waals surface area contributed by atoms with Crippen LogP contribution < -0.4 is 15.2 Å². The molecule has 0 saturated heterocycles.